The summed E-state index contributed by atoms with van der Waals surface area (Å²) in [5, 5.41) is 13.1. The smallest absolute Gasteiger partial charge is 0.233 e. The summed E-state index contributed by atoms with van der Waals surface area (Å²) >= 11 is 13.8. The lowest BCUT2D eigenvalue weighted by molar-refractivity contribution is -0.120. The highest BCUT2D eigenvalue weighted by atomic mass is 35.5. The molecule has 142 valence electrons. The SMILES string of the molecule is CC(C)Cn1c(S[C@H](C)C(=O)NC(C)C)nnc1-c1ccc(Cl)cc1Cl. The molecule has 0 bridgehead atoms. The second-order valence-electron chi connectivity index (χ2n) is 6.86. The van der Waals surface area contributed by atoms with Gasteiger partial charge in [0.05, 0.1) is 10.3 Å². The van der Waals surface area contributed by atoms with E-state index in [1.165, 1.54) is 11.8 Å². The highest BCUT2D eigenvalue weighted by Crippen LogP contribution is 2.33. The zero-order chi connectivity index (χ0) is 19.4. The van der Waals surface area contributed by atoms with E-state index in [0.29, 0.717) is 26.9 Å². The Hall–Kier alpha value is -1.24. The maximum Gasteiger partial charge on any atom is 0.233 e. The first-order valence-electron chi connectivity index (χ1n) is 8.54. The van der Waals surface area contributed by atoms with Gasteiger partial charge in [-0.25, -0.2) is 0 Å². The second kappa shape index (κ2) is 9.11. The zero-order valence-corrected chi connectivity index (χ0v) is 17.9. The van der Waals surface area contributed by atoms with Crippen LogP contribution in [-0.2, 0) is 11.3 Å². The van der Waals surface area contributed by atoms with Gasteiger partial charge in [-0.3, -0.25) is 4.79 Å². The molecule has 8 heteroatoms. The molecule has 1 aromatic carbocycles. The van der Waals surface area contributed by atoms with Gasteiger partial charge in [-0.2, -0.15) is 0 Å². The fraction of sp³-hybridized carbons (Fsp3) is 0.500. The Kier molecular flexibility index (Phi) is 7.38. The number of carbonyl (C=O) groups excluding carboxylic acids is 1. The third-order valence-electron chi connectivity index (χ3n) is 3.52. The van der Waals surface area contributed by atoms with Gasteiger partial charge in [-0.1, -0.05) is 48.8 Å². The summed E-state index contributed by atoms with van der Waals surface area (Å²) in [5.41, 5.74) is 0.773. The fourth-order valence-electron chi connectivity index (χ4n) is 2.39. The Morgan fingerprint density at radius 2 is 1.88 bits per heavy atom. The number of aromatic nitrogens is 3. The van der Waals surface area contributed by atoms with Gasteiger partial charge in [0.25, 0.3) is 0 Å². The van der Waals surface area contributed by atoms with E-state index in [4.69, 9.17) is 23.2 Å². The van der Waals surface area contributed by atoms with E-state index >= 15 is 0 Å². The minimum atomic E-state index is -0.277. The number of rotatable bonds is 7. The second-order valence-corrected chi connectivity index (χ2v) is 9.01. The lowest BCUT2D eigenvalue weighted by Crippen LogP contribution is -2.36. The number of carbonyl (C=O) groups is 1. The van der Waals surface area contributed by atoms with Crippen LogP contribution in [0.3, 0.4) is 0 Å². The first-order chi connectivity index (χ1) is 12.2. The summed E-state index contributed by atoms with van der Waals surface area (Å²) in [6.45, 7) is 10.7. The van der Waals surface area contributed by atoms with Gasteiger partial charge in [-0.15, -0.1) is 10.2 Å². The van der Waals surface area contributed by atoms with E-state index in [1.54, 1.807) is 12.1 Å². The molecule has 0 saturated heterocycles. The van der Waals surface area contributed by atoms with E-state index in [0.717, 1.165) is 12.1 Å². The van der Waals surface area contributed by atoms with Crippen molar-refractivity contribution in [2.75, 3.05) is 0 Å². The van der Waals surface area contributed by atoms with Crippen molar-refractivity contribution in [3.63, 3.8) is 0 Å². The molecule has 2 rings (SSSR count). The number of benzene rings is 1. The van der Waals surface area contributed by atoms with Crippen molar-refractivity contribution in [2.45, 2.75) is 57.6 Å². The average Bonchev–Trinajstić information content (AvgIpc) is 2.88. The molecular formula is C18H24Cl2N4OS. The molecule has 0 aliphatic heterocycles. The quantitative estimate of drug-likeness (QED) is 0.653. The monoisotopic (exact) mass is 414 g/mol. The maximum absolute atomic E-state index is 12.2. The molecule has 0 spiro atoms. The maximum atomic E-state index is 12.2. The number of thioether (sulfide) groups is 1. The predicted molar refractivity (Wildman–Crippen MR) is 109 cm³/mol. The van der Waals surface area contributed by atoms with Crippen molar-refractivity contribution >= 4 is 40.9 Å². The first-order valence-corrected chi connectivity index (χ1v) is 10.2. The molecule has 1 atom stereocenters. The minimum absolute atomic E-state index is 0.0184. The summed E-state index contributed by atoms with van der Waals surface area (Å²) in [6, 6.07) is 5.41. The van der Waals surface area contributed by atoms with Crippen LogP contribution >= 0.6 is 35.0 Å². The summed E-state index contributed by atoms with van der Waals surface area (Å²) in [5.74, 6) is 1.05. The Morgan fingerprint density at radius 1 is 1.19 bits per heavy atom. The van der Waals surface area contributed by atoms with Gasteiger partial charge in [0, 0.05) is 23.2 Å². The van der Waals surface area contributed by atoms with E-state index in [2.05, 4.69) is 29.4 Å². The van der Waals surface area contributed by atoms with Crippen molar-refractivity contribution in [1.82, 2.24) is 20.1 Å². The summed E-state index contributed by atoms with van der Waals surface area (Å²) in [7, 11) is 0. The predicted octanol–water partition coefficient (Wildman–Crippen LogP) is 4.91. The molecule has 1 heterocycles. The number of hydrogen-bond donors (Lipinski definition) is 1. The van der Waals surface area contributed by atoms with Crippen LogP contribution in [0.5, 0.6) is 0 Å². The molecular weight excluding hydrogens is 391 g/mol. The van der Waals surface area contributed by atoms with E-state index < -0.39 is 0 Å². The standard InChI is InChI=1S/C18H24Cl2N4OS/c1-10(2)9-24-16(14-7-6-13(19)8-15(14)20)22-23-18(24)26-12(5)17(25)21-11(3)4/h6-8,10-12H,9H2,1-5H3,(H,21,25)/t12-/m1/s1. The molecule has 1 amide bonds. The van der Waals surface area contributed by atoms with Crippen LogP contribution in [-0.4, -0.2) is 32.0 Å². The van der Waals surface area contributed by atoms with Crippen LogP contribution in [0.1, 0.15) is 34.6 Å². The summed E-state index contributed by atoms with van der Waals surface area (Å²) < 4.78 is 2.02. The number of nitrogens with one attached hydrogen (secondary N) is 1. The number of halogens is 2. The molecule has 0 radical (unpaired) electrons. The van der Waals surface area contributed by atoms with E-state index in [-0.39, 0.29) is 17.2 Å². The van der Waals surface area contributed by atoms with Crippen LogP contribution in [0.15, 0.2) is 23.4 Å². The third kappa shape index (κ3) is 5.38. The van der Waals surface area contributed by atoms with Crippen molar-refractivity contribution in [2.24, 2.45) is 5.92 Å². The van der Waals surface area contributed by atoms with Crippen LogP contribution in [0, 0.1) is 5.92 Å². The molecule has 0 unspecified atom stereocenters. The summed E-state index contributed by atoms with van der Waals surface area (Å²) in [4.78, 5) is 12.2. The topological polar surface area (TPSA) is 59.8 Å². The van der Waals surface area contributed by atoms with Gasteiger partial charge in [0.15, 0.2) is 11.0 Å². The molecule has 1 N–H and O–H groups in total. The van der Waals surface area contributed by atoms with Gasteiger partial charge in [-0.05, 0) is 44.9 Å². The largest absolute Gasteiger partial charge is 0.353 e. The Morgan fingerprint density at radius 3 is 2.46 bits per heavy atom. The molecule has 0 fully saturated rings. The molecule has 1 aromatic heterocycles. The zero-order valence-electron chi connectivity index (χ0n) is 15.6. The van der Waals surface area contributed by atoms with Crippen LogP contribution < -0.4 is 5.32 Å². The molecule has 2 aromatic rings. The van der Waals surface area contributed by atoms with Gasteiger partial charge >= 0.3 is 0 Å². The van der Waals surface area contributed by atoms with Gasteiger partial charge in [0.1, 0.15) is 0 Å². The lowest BCUT2D eigenvalue weighted by atomic mass is 10.2. The number of amides is 1. The third-order valence-corrected chi connectivity index (χ3v) is 5.15. The molecule has 0 aliphatic rings. The molecule has 5 nitrogen and oxygen atoms in total. The first kappa shape index (κ1) is 21.1. The minimum Gasteiger partial charge on any atom is -0.353 e. The van der Waals surface area contributed by atoms with Gasteiger partial charge < -0.3 is 9.88 Å². The molecule has 26 heavy (non-hydrogen) atoms. The fourth-order valence-corrected chi connectivity index (χ4v) is 3.75. The Labute approximate surface area is 168 Å². The van der Waals surface area contributed by atoms with Crippen LogP contribution in [0.2, 0.25) is 10.0 Å². The Bertz CT molecular complexity index is 777. The van der Waals surface area contributed by atoms with Gasteiger partial charge in [0.2, 0.25) is 5.91 Å². The van der Waals surface area contributed by atoms with Crippen molar-refractivity contribution < 1.29 is 4.79 Å². The number of hydrogen-bond acceptors (Lipinski definition) is 4. The molecule has 0 aliphatic carbocycles. The van der Waals surface area contributed by atoms with E-state index in [9.17, 15) is 4.79 Å². The summed E-state index contributed by atoms with van der Waals surface area (Å²) in [6.07, 6.45) is 0. The van der Waals surface area contributed by atoms with Crippen molar-refractivity contribution in [3.8, 4) is 11.4 Å². The number of nitrogens with zero attached hydrogens (tertiary/aromatic N) is 3. The normalized spacial score (nSPS) is 12.7. The van der Waals surface area contributed by atoms with Crippen LogP contribution in [0.25, 0.3) is 11.4 Å². The molecule has 0 saturated carbocycles. The highest BCUT2D eigenvalue weighted by molar-refractivity contribution is 8.00. The van der Waals surface area contributed by atoms with Crippen LogP contribution in [0.4, 0.5) is 0 Å². The average molecular weight is 415 g/mol. The van der Waals surface area contributed by atoms with Crippen molar-refractivity contribution in [1.29, 1.82) is 0 Å². The Balaban J connectivity index is 2.36. The van der Waals surface area contributed by atoms with Crippen molar-refractivity contribution in [3.05, 3.63) is 28.2 Å². The lowest BCUT2D eigenvalue weighted by Gasteiger charge is -2.16. The highest BCUT2D eigenvalue weighted by Gasteiger charge is 2.22. The van der Waals surface area contributed by atoms with E-state index in [1.807, 2.05) is 31.4 Å².